The van der Waals surface area contributed by atoms with E-state index in [0.717, 1.165) is 20.9 Å². The van der Waals surface area contributed by atoms with Crippen LogP contribution in [0.3, 0.4) is 0 Å². The van der Waals surface area contributed by atoms with Crippen molar-refractivity contribution in [1.82, 2.24) is 4.67 Å². The topological polar surface area (TPSA) is 104 Å². The van der Waals surface area contributed by atoms with E-state index >= 15 is 0 Å². The maximum absolute atomic E-state index is 11.3. The summed E-state index contributed by atoms with van der Waals surface area (Å²) in [4.78, 5) is 29.1. The molecule has 0 aromatic carbocycles. The molecule has 0 aliphatic carbocycles. The summed E-state index contributed by atoms with van der Waals surface area (Å²) in [5, 5.41) is 11.1. The first-order valence-corrected chi connectivity index (χ1v) is 9.90. The van der Waals surface area contributed by atoms with Gasteiger partial charge in [0.1, 0.15) is 0 Å². The van der Waals surface area contributed by atoms with Gasteiger partial charge in [-0.3, -0.25) is 10.1 Å². The molecule has 1 aromatic heterocycles. The van der Waals surface area contributed by atoms with Crippen LogP contribution < -0.4 is 0 Å². The van der Waals surface area contributed by atoms with E-state index in [1.165, 1.54) is 6.07 Å². The minimum atomic E-state index is -4.29. The molecule has 0 spiro atoms. The number of hydrogen-bond donors (Lipinski definition) is 2. The summed E-state index contributed by atoms with van der Waals surface area (Å²) in [6.07, 6.45) is 0.470. The molecule has 0 aliphatic rings. The molecule has 20 heavy (non-hydrogen) atoms. The van der Waals surface area contributed by atoms with Crippen molar-refractivity contribution in [1.29, 1.82) is 0 Å². The lowest BCUT2D eigenvalue weighted by Crippen LogP contribution is -2.29. The first kappa shape index (κ1) is 18.2. The van der Waals surface area contributed by atoms with Gasteiger partial charge in [-0.25, -0.2) is 9.24 Å². The molecule has 0 amide bonds. The summed E-state index contributed by atoms with van der Waals surface area (Å²) in [5.41, 5.74) is 0. The number of hydrogen-bond acceptors (Lipinski definition) is 4. The fourth-order valence-electron chi connectivity index (χ4n) is 1.51. The van der Waals surface area contributed by atoms with Gasteiger partial charge in [0.05, 0.1) is 4.92 Å². The second-order valence-corrected chi connectivity index (χ2v) is 8.74. The van der Waals surface area contributed by atoms with Crippen molar-refractivity contribution >= 4 is 55.9 Å². The molecule has 2 N–H and O–H groups in total. The third-order valence-electron chi connectivity index (χ3n) is 2.37. The fraction of sp³-hybridized carbons (Fsp3) is 0.556. The summed E-state index contributed by atoms with van der Waals surface area (Å²) in [7, 11) is -4.29. The summed E-state index contributed by atoms with van der Waals surface area (Å²) in [5.74, 6) is 0. The average Bonchev–Trinajstić information content (AvgIpc) is 2.75. The van der Waals surface area contributed by atoms with Crippen molar-refractivity contribution in [2.75, 3.05) is 18.4 Å². The predicted molar refractivity (Wildman–Crippen MR) is 84.8 cm³/mol. The van der Waals surface area contributed by atoms with E-state index in [0.29, 0.717) is 11.8 Å². The molecule has 11 heteroatoms. The number of thiophene rings is 1. The van der Waals surface area contributed by atoms with Gasteiger partial charge in [-0.15, -0.1) is 0 Å². The fourth-order valence-corrected chi connectivity index (χ4v) is 5.02. The van der Waals surface area contributed by atoms with Crippen LogP contribution in [0.2, 0.25) is 0 Å². The molecule has 0 bridgehead atoms. The van der Waals surface area contributed by atoms with Crippen LogP contribution >= 0.6 is 50.9 Å². The van der Waals surface area contributed by atoms with Crippen LogP contribution in [0.1, 0.15) is 4.88 Å². The van der Waals surface area contributed by atoms with Crippen molar-refractivity contribution in [2.24, 2.45) is 0 Å². The largest absolute Gasteiger partial charge is 0.403 e. The van der Waals surface area contributed by atoms with Crippen LogP contribution in [-0.4, -0.2) is 42.6 Å². The Labute approximate surface area is 136 Å². The van der Waals surface area contributed by atoms with Gasteiger partial charge in [0, 0.05) is 34.2 Å². The number of rotatable bonds is 8. The van der Waals surface area contributed by atoms with Crippen molar-refractivity contribution in [3.05, 3.63) is 27.1 Å². The van der Waals surface area contributed by atoms with Gasteiger partial charge in [-0.05, 0) is 12.5 Å². The smallest absolute Gasteiger partial charge is 0.312 e. The third kappa shape index (κ3) is 5.88. The molecule has 0 fully saturated rings. The van der Waals surface area contributed by atoms with E-state index in [2.05, 4.69) is 31.9 Å². The molecule has 0 aliphatic heterocycles. The quantitative estimate of drug-likeness (QED) is 0.272. The van der Waals surface area contributed by atoms with Gasteiger partial charge in [-0.2, -0.15) is 0 Å². The Morgan fingerprint density at radius 3 is 2.60 bits per heavy atom. The van der Waals surface area contributed by atoms with Crippen LogP contribution in [0.5, 0.6) is 0 Å². The second-order valence-electron chi connectivity index (χ2n) is 3.91. The lowest BCUT2D eigenvalue weighted by molar-refractivity contribution is -0.380. The zero-order valence-corrected chi connectivity index (χ0v) is 15.1. The first-order valence-electron chi connectivity index (χ1n) is 5.48. The molecule has 1 atom stereocenters. The normalized spacial score (nSPS) is 13.7. The predicted octanol–water partition coefficient (Wildman–Crippen LogP) is 2.75. The summed E-state index contributed by atoms with van der Waals surface area (Å²) in [6.45, 7) is 0.374. The Morgan fingerprint density at radius 1 is 1.50 bits per heavy atom. The molecule has 1 aromatic rings. The maximum atomic E-state index is 11.3. The van der Waals surface area contributed by atoms with Gasteiger partial charge < -0.3 is 9.79 Å². The van der Waals surface area contributed by atoms with E-state index in [4.69, 9.17) is 0 Å². The Balaban J connectivity index is 2.63. The zero-order valence-electron chi connectivity index (χ0n) is 10.2. The van der Waals surface area contributed by atoms with E-state index in [1.807, 2.05) is 0 Å². The van der Waals surface area contributed by atoms with E-state index < -0.39 is 12.7 Å². The standard InChI is InChI=1S/C9H13Br2N2O5PS/c10-3-4-12(19(16,17)18)6-7(11)5-8-1-2-9(20-8)13(14)15/h1-2,7H,3-6H2,(H2,16,17,18). The Morgan fingerprint density at radius 2 is 2.15 bits per heavy atom. The van der Waals surface area contributed by atoms with Crippen LogP contribution in [0.15, 0.2) is 12.1 Å². The molecule has 1 unspecified atom stereocenters. The second kappa shape index (κ2) is 7.98. The molecule has 0 saturated carbocycles. The zero-order chi connectivity index (χ0) is 15.3. The molecule has 1 rings (SSSR count). The van der Waals surface area contributed by atoms with Crippen LogP contribution in [0.25, 0.3) is 0 Å². The monoisotopic (exact) mass is 450 g/mol. The number of nitrogens with zero attached hydrogens (tertiary/aromatic N) is 2. The summed E-state index contributed by atoms with van der Waals surface area (Å²) >= 11 is 7.57. The van der Waals surface area contributed by atoms with Crippen molar-refractivity contribution in [2.45, 2.75) is 11.2 Å². The Hall–Kier alpha value is 0.170. The van der Waals surface area contributed by atoms with Crippen LogP contribution in [-0.2, 0) is 11.0 Å². The minimum absolute atomic E-state index is 0.0620. The highest BCUT2D eigenvalue weighted by molar-refractivity contribution is 9.09. The SMILES string of the molecule is O=[N+]([O-])c1ccc(CC(Br)CN(CCBr)P(=O)(O)O)s1. The number of alkyl halides is 2. The molecular formula is C9H13Br2N2O5PS. The summed E-state index contributed by atoms with van der Waals surface area (Å²) in [6, 6.07) is 3.09. The van der Waals surface area contributed by atoms with Gasteiger partial charge in [0.15, 0.2) is 0 Å². The van der Waals surface area contributed by atoms with Gasteiger partial charge in [-0.1, -0.05) is 43.2 Å². The Bertz CT molecular complexity index is 508. The third-order valence-corrected chi connectivity index (χ3v) is 5.50. The number of halogens is 2. The highest BCUT2D eigenvalue weighted by atomic mass is 79.9. The molecule has 0 radical (unpaired) electrons. The Kier molecular flexibility index (Phi) is 7.27. The molecule has 0 saturated heterocycles. The maximum Gasteiger partial charge on any atom is 0.403 e. The van der Waals surface area contributed by atoms with Crippen molar-refractivity contribution < 1.29 is 19.3 Å². The van der Waals surface area contributed by atoms with Crippen LogP contribution in [0, 0.1) is 10.1 Å². The van der Waals surface area contributed by atoms with Crippen molar-refractivity contribution in [3.8, 4) is 0 Å². The average molecular weight is 452 g/mol. The minimum Gasteiger partial charge on any atom is -0.312 e. The van der Waals surface area contributed by atoms with E-state index in [-0.39, 0.29) is 22.9 Å². The van der Waals surface area contributed by atoms with Gasteiger partial charge in [0.25, 0.3) is 0 Å². The van der Waals surface area contributed by atoms with E-state index in [9.17, 15) is 24.5 Å². The first-order chi connectivity index (χ1) is 9.24. The number of nitro groups is 1. The lowest BCUT2D eigenvalue weighted by atomic mass is 10.2. The van der Waals surface area contributed by atoms with Gasteiger partial charge >= 0.3 is 12.7 Å². The highest BCUT2D eigenvalue weighted by Crippen LogP contribution is 2.40. The molecule has 114 valence electrons. The lowest BCUT2D eigenvalue weighted by Gasteiger charge is -2.24. The van der Waals surface area contributed by atoms with E-state index in [1.54, 1.807) is 6.07 Å². The van der Waals surface area contributed by atoms with Crippen LogP contribution in [0.4, 0.5) is 5.00 Å². The van der Waals surface area contributed by atoms with Gasteiger partial charge in [0.2, 0.25) is 0 Å². The molecule has 1 heterocycles. The highest BCUT2D eigenvalue weighted by Gasteiger charge is 2.27. The molecule has 7 nitrogen and oxygen atoms in total. The van der Waals surface area contributed by atoms with Crippen molar-refractivity contribution in [3.63, 3.8) is 0 Å². The molecular weight excluding hydrogens is 439 g/mol. The summed E-state index contributed by atoms with van der Waals surface area (Å²) < 4.78 is 12.4.